The largest absolute Gasteiger partial charge is 0.492 e. The van der Waals surface area contributed by atoms with E-state index in [9.17, 15) is 0 Å². The van der Waals surface area contributed by atoms with Gasteiger partial charge in [0.2, 0.25) is 0 Å². The molecule has 3 heteroatoms. The highest BCUT2D eigenvalue weighted by Crippen LogP contribution is 2.32. The van der Waals surface area contributed by atoms with E-state index in [0.717, 1.165) is 32.1 Å². The van der Waals surface area contributed by atoms with Crippen molar-refractivity contribution in [3.63, 3.8) is 0 Å². The summed E-state index contributed by atoms with van der Waals surface area (Å²) in [6.45, 7) is 13.3. The lowest BCUT2D eigenvalue weighted by molar-refractivity contribution is 0.185. The number of hydrogen-bond acceptors (Lipinski definition) is 3. The molecule has 2 rings (SSSR count). The average Bonchev–Trinajstić information content (AvgIpc) is 2.92. The number of rotatable bonds is 6. The molecule has 1 saturated heterocycles. The molecule has 1 aliphatic heterocycles. The van der Waals surface area contributed by atoms with Crippen molar-refractivity contribution < 1.29 is 9.47 Å². The molecule has 1 atom stereocenters. The summed E-state index contributed by atoms with van der Waals surface area (Å²) in [6, 6.07) is 6.45. The predicted molar refractivity (Wildman–Crippen MR) is 87.2 cm³/mol. The van der Waals surface area contributed by atoms with E-state index in [0.29, 0.717) is 12.5 Å². The highest BCUT2D eigenvalue weighted by atomic mass is 16.5. The van der Waals surface area contributed by atoms with Crippen LogP contribution in [0.25, 0.3) is 0 Å². The summed E-state index contributed by atoms with van der Waals surface area (Å²) >= 11 is 0. The first kappa shape index (κ1) is 16.3. The normalized spacial score (nSPS) is 19.0. The Kier molecular flexibility index (Phi) is 5.65. The molecule has 21 heavy (non-hydrogen) atoms. The third-order valence-corrected chi connectivity index (χ3v) is 3.94. The maximum absolute atomic E-state index is 5.99. The highest BCUT2D eigenvalue weighted by molar-refractivity contribution is 5.41. The van der Waals surface area contributed by atoms with Gasteiger partial charge in [0.25, 0.3) is 0 Å². The van der Waals surface area contributed by atoms with Crippen molar-refractivity contribution in [3.8, 4) is 5.75 Å². The first-order chi connectivity index (χ1) is 9.97. The van der Waals surface area contributed by atoms with E-state index in [1.54, 1.807) is 0 Å². The second kappa shape index (κ2) is 7.28. The van der Waals surface area contributed by atoms with Gasteiger partial charge in [-0.2, -0.15) is 0 Å². The van der Waals surface area contributed by atoms with Crippen molar-refractivity contribution in [1.29, 1.82) is 0 Å². The Morgan fingerprint density at radius 3 is 2.81 bits per heavy atom. The van der Waals surface area contributed by atoms with Crippen LogP contribution in [0.4, 0.5) is 0 Å². The fourth-order valence-electron chi connectivity index (χ4n) is 2.64. The number of benzene rings is 1. The van der Waals surface area contributed by atoms with E-state index in [-0.39, 0.29) is 5.41 Å². The van der Waals surface area contributed by atoms with Gasteiger partial charge in [0, 0.05) is 19.7 Å². The lowest BCUT2D eigenvalue weighted by Gasteiger charge is -2.23. The van der Waals surface area contributed by atoms with Crippen LogP contribution in [0.3, 0.4) is 0 Å². The van der Waals surface area contributed by atoms with E-state index >= 15 is 0 Å². The molecule has 1 aliphatic rings. The molecule has 0 amide bonds. The van der Waals surface area contributed by atoms with Crippen molar-refractivity contribution in [2.24, 2.45) is 5.92 Å². The maximum atomic E-state index is 5.99. The second-order valence-corrected chi connectivity index (χ2v) is 7.03. The summed E-state index contributed by atoms with van der Waals surface area (Å²) in [7, 11) is 0. The van der Waals surface area contributed by atoms with E-state index in [4.69, 9.17) is 9.47 Å². The monoisotopic (exact) mass is 291 g/mol. The van der Waals surface area contributed by atoms with Crippen LogP contribution in [0.1, 0.15) is 38.3 Å². The Morgan fingerprint density at radius 1 is 1.33 bits per heavy atom. The molecule has 118 valence electrons. The Balaban J connectivity index is 1.79. The molecular weight excluding hydrogens is 262 g/mol. The van der Waals surface area contributed by atoms with Crippen molar-refractivity contribution in [3.05, 3.63) is 29.3 Å². The van der Waals surface area contributed by atoms with Crippen LogP contribution in [0.5, 0.6) is 5.75 Å². The zero-order chi connectivity index (χ0) is 15.3. The van der Waals surface area contributed by atoms with Crippen LogP contribution in [0.2, 0.25) is 0 Å². The van der Waals surface area contributed by atoms with E-state index in [2.05, 4.69) is 51.2 Å². The second-order valence-electron chi connectivity index (χ2n) is 7.03. The number of nitrogens with one attached hydrogen (secondary N) is 1. The molecular formula is C18H29NO2. The van der Waals surface area contributed by atoms with Crippen LogP contribution < -0.4 is 10.1 Å². The molecule has 0 aliphatic carbocycles. The third-order valence-electron chi connectivity index (χ3n) is 3.94. The standard InChI is InChI=1S/C18H29NO2/c1-14-5-6-17(16(11-14)18(2,3)4)21-10-8-19-12-15-7-9-20-13-15/h5-6,11,15,19H,7-10,12-13H2,1-4H3. The molecule has 0 radical (unpaired) electrons. The smallest absolute Gasteiger partial charge is 0.123 e. The van der Waals surface area contributed by atoms with Gasteiger partial charge in [-0.1, -0.05) is 38.5 Å². The average molecular weight is 291 g/mol. The zero-order valence-corrected chi connectivity index (χ0v) is 13.9. The number of ether oxygens (including phenoxy) is 2. The predicted octanol–water partition coefficient (Wildman–Crippen LogP) is 3.30. The molecule has 1 heterocycles. The molecule has 0 spiro atoms. The fourth-order valence-corrected chi connectivity index (χ4v) is 2.64. The van der Waals surface area contributed by atoms with Crippen LogP contribution in [0, 0.1) is 12.8 Å². The van der Waals surface area contributed by atoms with Gasteiger partial charge in [0.15, 0.2) is 0 Å². The van der Waals surface area contributed by atoms with Crippen molar-refractivity contribution in [1.82, 2.24) is 5.32 Å². The van der Waals surface area contributed by atoms with Gasteiger partial charge in [-0.15, -0.1) is 0 Å². The lowest BCUT2D eigenvalue weighted by atomic mass is 9.85. The van der Waals surface area contributed by atoms with Gasteiger partial charge in [0.1, 0.15) is 12.4 Å². The summed E-state index contributed by atoms with van der Waals surface area (Å²) in [6.07, 6.45) is 1.18. The minimum atomic E-state index is 0.107. The van der Waals surface area contributed by atoms with Gasteiger partial charge in [-0.3, -0.25) is 0 Å². The number of aryl methyl sites for hydroxylation is 1. The minimum Gasteiger partial charge on any atom is -0.492 e. The molecule has 3 nitrogen and oxygen atoms in total. The van der Waals surface area contributed by atoms with Crippen molar-refractivity contribution in [2.45, 2.75) is 39.5 Å². The van der Waals surface area contributed by atoms with E-state index in [1.165, 1.54) is 17.5 Å². The van der Waals surface area contributed by atoms with E-state index in [1.807, 2.05) is 0 Å². The van der Waals surface area contributed by atoms with Crippen LogP contribution in [0.15, 0.2) is 18.2 Å². The minimum absolute atomic E-state index is 0.107. The summed E-state index contributed by atoms with van der Waals surface area (Å²) in [5, 5.41) is 3.46. The van der Waals surface area contributed by atoms with Gasteiger partial charge in [-0.05, 0) is 36.3 Å². The lowest BCUT2D eigenvalue weighted by Crippen LogP contribution is -2.27. The summed E-state index contributed by atoms with van der Waals surface area (Å²) < 4.78 is 11.4. The van der Waals surface area contributed by atoms with Crippen LogP contribution in [-0.2, 0) is 10.2 Å². The Bertz CT molecular complexity index is 445. The number of hydrogen-bond donors (Lipinski definition) is 1. The van der Waals surface area contributed by atoms with Gasteiger partial charge >= 0.3 is 0 Å². The molecule has 1 N–H and O–H groups in total. The van der Waals surface area contributed by atoms with Crippen LogP contribution >= 0.6 is 0 Å². The molecule has 0 saturated carbocycles. The Hall–Kier alpha value is -1.06. The summed E-state index contributed by atoms with van der Waals surface area (Å²) in [5.74, 6) is 1.69. The van der Waals surface area contributed by atoms with Gasteiger partial charge < -0.3 is 14.8 Å². The third kappa shape index (κ3) is 5.01. The van der Waals surface area contributed by atoms with Crippen molar-refractivity contribution in [2.75, 3.05) is 32.9 Å². The Labute approximate surface area is 129 Å². The van der Waals surface area contributed by atoms with Crippen LogP contribution in [-0.4, -0.2) is 32.9 Å². The maximum Gasteiger partial charge on any atom is 0.123 e. The van der Waals surface area contributed by atoms with E-state index < -0.39 is 0 Å². The first-order valence-electron chi connectivity index (χ1n) is 7.99. The molecule has 1 fully saturated rings. The van der Waals surface area contributed by atoms with Gasteiger partial charge in [0.05, 0.1) is 6.61 Å². The first-order valence-corrected chi connectivity index (χ1v) is 7.99. The zero-order valence-electron chi connectivity index (χ0n) is 13.9. The molecule has 0 aromatic heterocycles. The molecule has 1 aromatic rings. The van der Waals surface area contributed by atoms with Gasteiger partial charge in [-0.25, -0.2) is 0 Å². The quantitative estimate of drug-likeness (QED) is 0.816. The van der Waals surface area contributed by atoms with Crippen molar-refractivity contribution >= 4 is 0 Å². The Morgan fingerprint density at radius 2 is 2.14 bits per heavy atom. The highest BCUT2D eigenvalue weighted by Gasteiger charge is 2.19. The fraction of sp³-hybridized carbons (Fsp3) is 0.667. The molecule has 1 aromatic carbocycles. The molecule has 1 unspecified atom stereocenters. The summed E-state index contributed by atoms with van der Waals surface area (Å²) in [4.78, 5) is 0. The SMILES string of the molecule is Cc1ccc(OCCNCC2CCOC2)c(C(C)(C)C)c1. The summed E-state index contributed by atoms with van der Waals surface area (Å²) in [5.41, 5.74) is 2.68. The topological polar surface area (TPSA) is 30.5 Å². The molecule has 0 bridgehead atoms.